The van der Waals surface area contributed by atoms with Crippen LogP contribution in [0.4, 0.5) is 0 Å². The van der Waals surface area contributed by atoms with Crippen molar-refractivity contribution < 1.29 is 9.59 Å². The molecule has 0 aliphatic rings. The third kappa shape index (κ3) is 7.66. The molecule has 6 nitrogen and oxygen atoms in total. The Hall–Kier alpha value is -2.12. The number of benzene rings is 2. The molecule has 2 rings (SSSR count). The molecule has 0 unspecified atom stereocenters. The Bertz CT molecular complexity index is 872. The molecule has 0 aliphatic heterocycles. The minimum absolute atomic E-state index is 0.123. The molecule has 0 saturated heterocycles. The minimum atomic E-state index is -0.332. The lowest BCUT2D eigenvalue weighted by Crippen LogP contribution is -2.20. The number of carbonyl (C=O) groups is 2. The molecule has 2 aromatic carbocycles. The lowest BCUT2D eigenvalue weighted by atomic mass is 10.2. The largest absolute Gasteiger partial charge is 0.273 e. The molecule has 0 spiro atoms. The molecule has 0 bridgehead atoms. The summed E-state index contributed by atoms with van der Waals surface area (Å²) in [4.78, 5) is 23.5. The van der Waals surface area contributed by atoms with E-state index in [0.717, 1.165) is 0 Å². The van der Waals surface area contributed by atoms with Crippen LogP contribution in [0.15, 0.2) is 46.6 Å². The highest BCUT2D eigenvalue weighted by Crippen LogP contribution is 2.24. The first kappa shape index (κ1) is 23.2. The summed E-state index contributed by atoms with van der Waals surface area (Å²) in [5, 5.41) is 9.14. The predicted octanol–water partition coefficient (Wildman–Crippen LogP) is 5.07. The van der Waals surface area contributed by atoms with E-state index in [1.807, 2.05) is 0 Å². The summed E-state index contributed by atoms with van der Waals surface area (Å²) >= 11 is 23.8. The third-order valence-electron chi connectivity index (χ3n) is 3.56. The zero-order chi connectivity index (χ0) is 21.2. The highest BCUT2D eigenvalue weighted by molar-refractivity contribution is 6.44. The first-order chi connectivity index (χ1) is 13.9. The fourth-order valence-electron chi connectivity index (χ4n) is 2.11. The average molecular weight is 474 g/mol. The minimum Gasteiger partial charge on any atom is -0.273 e. The summed E-state index contributed by atoms with van der Waals surface area (Å²) in [6.07, 6.45) is 3.37. The van der Waals surface area contributed by atoms with E-state index in [1.54, 1.807) is 36.4 Å². The van der Waals surface area contributed by atoms with Crippen molar-refractivity contribution in [3.63, 3.8) is 0 Å². The fraction of sp³-hybridized carbons (Fsp3) is 0.158. The molecular formula is C19H16Cl4N4O2. The second kappa shape index (κ2) is 11.8. The van der Waals surface area contributed by atoms with Gasteiger partial charge in [-0.3, -0.25) is 9.59 Å². The molecule has 10 heteroatoms. The van der Waals surface area contributed by atoms with Crippen LogP contribution in [0.3, 0.4) is 0 Å². The summed E-state index contributed by atoms with van der Waals surface area (Å²) in [6.45, 7) is 0. The molecule has 0 radical (unpaired) electrons. The smallest absolute Gasteiger partial charge is 0.240 e. The van der Waals surface area contributed by atoms with Crippen molar-refractivity contribution in [2.24, 2.45) is 10.2 Å². The van der Waals surface area contributed by atoms with Gasteiger partial charge in [0.25, 0.3) is 0 Å². The van der Waals surface area contributed by atoms with Gasteiger partial charge in [0.2, 0.25) is 11.8 Å². The Morgan fingerprint density at radius 1 is 0.759 bits per heavy atom. The summed E-state index contributed by atoms with van der Waals surface area (Å²) in [6, 6.07) is 10.2. The van der Waals surface area contributed by atoms with Crippen molar-refractivity contribution >= 4 is 70.6 Å². The highest BCUT2D eigenvalue weighted by Gasteiger charge is 2.06. The maximum atomic E-state index is 11.8. The Balaban J connectivity index is 1.69. The van der Waals surface area contributed by atoms with Crippen LogP contribution in [-0.4, -0.2) is 24.2 Å². The monoisotopic (exact) mass is 472 g/mol. The number of carbonyl (C=O) groups excluding carboxylic acids is 2. The number of rotatable bonds is 8. The van der Waals surface area contributed by atoms with Gasteiger partial charge in [0.15, 0.2) is 0 Å². The van der Waals surface area contributed by atoms with E-state index < -0.39 is 0 Å². The van der Waals surface area contributed by atoms with E-state index in [2.05, 4.69) is 21.1 Å². The van der Waals surface area contributed by atoms with E-state index in [4.69, 9.17) is 46.4 Å². The molecule has 0 fully saturated rings. The van der Waals surface area contributed by atoms with E-state index in [0.29, 0.717) is 37.6 Å². The molecule has 0 aliphatic carbocycles. The quantitative estimate of drug-likeness (QED) is 0.414. The molecule has 2 amide bonds. The molecule has 0 aromatic heterocycles. The number of amides is 2. The molecular weight excluding hydrogens is 458 g/mol. The van der Waals surface area contributed by atoms with Gasteiger partial charge in [0.1, 0.15) is 0 Å². The Morgan fingerprint density at radius 3 is 1.59 bits per heavy atom. The second-order valence-corrected chi connectivity index (χ2v) is 7.30. The van der Waals surface area contributed by atoms with E-state index >= 15 is 0 Å². The van der Waals surface area contributed by atoms with Crippen LogP contribution in [0.1, 0.15) is 30.4 Å². The zero-order valence-electron chi connectivity index (χ0n) is 15.0. The molecule has 2 aromatic rings. The van der Waals surface area contributed by atoms with Crippen molar-refractivity contribution in [2.45, 2.75) is 19.3 Å². The van der Waals surface area contributed by atoms with E-state index in [-0.39, 0.29) is 24.7 Å². The van der Waals surface area contributed by atoms with Gasteiger partial charge >= 0.3 is 0 Å². The van der Waals surface area contributed by atoms with Gasteiger partial charge in [-0.2, -0.15) is 10.2 Å². The van der Waals surface area contributed by atoms with Gasteiger partial charge in [0.05, 0.1) is 32.5 Å². The van der Waals surface area contributed by atoms with Gasteiger partial charge in [-0.25, -0.2) is 10.9 Å². The van der Waals surface area contributed by atoms with Crippen LogP contribution in [0.25, 0.3) is 0 Å². The predicted molar refractivity (Wildman–Crippen MR) is 118 cm³/mol. The molecule has 0 saturated carbocycles. The van der Waals surface area contributed by atoms with Crippen molar-refractivity contribution in [2.75, 3.05) is 0 Å². The van der Waals surface area contributed by atoms with Crippen molar-refractivity contribution in [1.82, 2.24) is 10.9 Å². The molecule has 0 atom stereocenters. The molecule has 152 valence electrons. The van der Waals surface area contributed by atoms with Crippen molar-refractivity contribution in [3.8, 4) is 0 Å². The normalized spacial score (nSPS) is 11.2. The van der Waals surface area contributed by atoms with Gasteiger partial charge in [-0.1, -0.05) is 70.7 Å². The Morgan fingerprint density at radius 2 is 1.17 bits per heavy atom. The van der Waals surface area contributed by atoms with Crippen LogP contribution < -0.4 is 10.9 Å². The van der Waals surface area contributed by atoms with Crippen LogP contribution in [-0.2, 0) is 9.59 Å². The topological polar surface area (TPSA) is 82.9 Å². The Kier molecular flexibility index (Phi) is 9.41. The fourth-order valence-corrected chi connectivity index (χ4v) is 2.82. The van der Waals surface area contributed by atoms with Gasteiger partial charge in [0, 0.05) is 24.0 Å². The van der Waals surface area contributed by atoms with E-state index in [9.17, 15) is 9.59 Å². The third-order valence-corrected chi connectivity index (χ3v) is 5.22. The lowest BCUT2D eigenvalue weighted by molar-refractivity contribution is -0.122. The Labute approximate surface area is 187 Å². The number of halogens is 4. The summed E-state index contributed by atoms with van der Waals surface area (Å²) in [5.41, 5.74) is 5.90. The number of nitrogens with zero attached hydrogens (tertiary/aromatic N) is 2. The van der Waals surface area contributed by atoms with Crippen LogP contribution in [0.5, 0.6) is 0 Å². The second-order valence-electron chi connectivity index (χ2n) is 5.73. The van der Waals surface area contributed by atoms with Gasteiger partial charge in [-0.05, 0) is 18.6 Å². The first-order valence-electron chi connectivity index (χ1n) is 8.40. The SMILES string of the molecule is O=C(CCCC(=O)N/N=C\c1cccc(Cl)c1Cl)N/N=C\c1cccc(Cl)c1Cl. The summed E-state index contributed by atoms with van der Waals surface area (Å²) < 4.78 is 0. The maximum absolute atomic E-state index is 11.8. The summed E-state index contributed by atoms with van der Waals surface area (Å²) in [5.74, 6) is -0.664. The maximum Gasteiger partial charge on any atom is 0.240 e. The number of hydrogen-bond donors (Lipinski definition) is 2. The highest BCUT2D eigenvalue weighted by atomic mass is 35.5. The van der Waals surface area contributed by atoms with Crippen molar-refractivity contribution in [3.05, 3.63) is 67.6 Å². The molecule has 0 heterocycles. The first-order valence-corrected chi connectivity index (χ1v) is 9.91. The molecule has 2 N–H and O–H groups in total. The standard InChI is InChI=1S/C19H16Cl4N4O2/c20-14-6-1-4-12(18(14)22)10-24-26-16(28)8-3-9-17(29)27-25-11-13-5-2-7-15(21)19(13)23/h1-2,4-7,10-11H,3,8-9H2,(H,26,28)(H,27,29)/b24-10-,25-11-. The van der Waals surface area contributed by atoms with Gasteiger partial charge < -0.3 is 0 Å². The van der Waals surface area contributed by atoms with Crippen LogP contribution >= 0.6 is 46.4 Å². The number of hydrazone groups is 2. The average Bonchev–Trinajstić information content (AvgIpc) is 2.68. The van der Waals surface area contributed by atoms with E-state index in [1.165, 1.54) is 12.4 Å². The lowest BCUT2D eigenvalue weighted by Gasteiger charge is -2.02. The van der Waals surface area contributed by atoms with Crippen LogP contribution in [0.2, 0.25) is 20.1 Å². The summed E-state index contributed by atoms with van der Waals surface area (Å²) in [7, 11) is 0. The van der Waals surface area contributed by atoms with Crippen molar-refractivity contribution in [1.29, 1.82) is 0 Å². The van der Waals surface area contributed by atoms with Gasteiger partial charge in [-0.15, -0.1) is 0 Å². The zero-order valence-corrected chi connectivity index (χ0v) is 18.0. The molecule has 29 heavy (non-hydrogen) atoms. The number of hydrogen-bond acceptors (Lipinski definition) is 4. The number of nitrogens with one attached hydrogen (secondary N) is 2. The van der Waals surface area contributed by atoms with Crippen LogP contribution in [0, 0.1) is 0 Å².